The predicted molar refractivity (Wildman–Crippen MR) is 48.1 cm³/mol. The Morgan fingerprint density at radius 1 is 1.33 bits per heavy atom. The molecule has 0 aromatic rings. The van der Waals surface area contributed by atoms with E-state index >= 15 is 0 Å². The summed E-state index contributed by atoms with van der Waals surface area (Å²) in [6.07, 6.45) is 0.857. The summed E-state index contributed by atoms with van der Waals surface area (Å²) in [5.41, 5.74) is 0. The monoisotopic (exact) mass is 192 g/mol. The second-order valence-electron chi connectivity index (χ2n) is 3.35. The lowest BCUT2D eigenvalue weighted by atomic mass is 10.4. The van der Waals surface area contributed by atoms with E-state index in [4.69, 9.17) is 19.4 Å². The molecule has 12 heavy (non-hydrogen) atoms. The van der Waals surface area contributed by atoms with Crippen LogP contribution in [0.15, 0.2) is 0 Å². The first-order valence-corrected chi connectivity index (χ1v) is 7.11. The number of carboxylic acid groups (broad SMARTS) is 2. The molecule has 0 unspecified atom stereocenters. The van der Waals surface area contributed by atoms with Crippen LogP contribution >= 0.6 is 0 Å². The van der Waals surface area contributed by atoms with Crippen LogP contribution in [-0.4, -0.2) is 31.3 Å². The van der Waals surface area contributed by atoms with Crippen LogP contribution < -0.4 is 0 Å². The van der Waals surface area contributed by atoms with Crippen molar-refractivity contribution in [3.63, 3.8) is 0 Å². The second kappa shape index (κ2) is 5.16. The number of hydrogen-bond acceptors (Lipinski definition) is 2. The molecule has 72 valence electrons. The zero-order valence-electron chi connectivity index (χ0n) is 7.54. The quantitative estimate of drug-likeness (QED) is 0.577. The Morgan fingerprint density at radius 3 is 2.00 bits per heavy atom. The lowest BCUT2D eigenvalue weighted by Crippen LogP contribution is -2.33. The highest BCUT2D eigenvalue weighted by atomic mass is 28.4. The molecule has 0 atom stereocenters. The van der Waals surface area contributed by atoms with Crippen LogP contribution in [0.1, 0.15) is 12.8 Å². The molecule has 1 aliphatic rings. The van der Waals surface area contributed by atoms with Gasteiger partial charge in [-0.25, -0.2) is 4.79 Å². The topological polar surface area (TPSA) is 66.8 Å². The van der Waals surface area contributed by atoms with Crippen molar-refractivity contribution < 1.29 is 19.4 Å². The van der Waals surface area contributed by atoms with Crippen molar-refractivity contribution in [1.82, 2.24) is 0 Å². The maximum absolute atomic E-state index is 8.56. The highest BCUT2D eigenvalue weighted by molar-refractivity contribution is 6.71. The Morgan fingerprint density at radius 2 is 1.83 bits per heavy atom. The maximum Gasteiger partial charge on any atom is 0.503 e. The third-order valence-electron chi connectivity index (χ3n) is 1.67. The molecule has 0 amide bonds. The highest BCUT2D eigenvalue weighted by Crippen LogP contribution is 2.20. The molecule has 4 nitrogen and oxygen atoms in total. The summed E-state index contributed by atoms with van der Waals surface area (Å²) < 4.78 is 5.60. The van der Waals surface area contributed by atoms with Gasteiger partial charge in [0.15, 0.2) is 8.32 Å². The summed E-state index contributed by atoms with van der Waals surface area (Å²) in [7, 11) is -1.09. The van der Waals surface area contributed by atoms with Gasteiger partial charge >= 0.3 is 6.16 Å². The van der Waals surface area contributed by atoms with Gasteiger partial charge in [-0.2, -0.15) is 0 Å². The third kappa shape index (κ3) is 7.55. The molecule has 0 saturated carbocycles. The first-order valence-electron chi connectivity index (χ1n) is 4.00. The zero-order chi connectivity index (χ0) is 9.61. The van der Waals surface area contributed by atoms with Crippen LogP contribution in [0.5, 0.6) is 0 Å². The number of rotatable bonds is 0. The van der Waals surface area contributed by atoms with Crippen molar-refractivity contribution in [2.75, 3.05) is 6.61 Å². The average Bonchev–Trinajstić information content (AvgIpc) is 1.85. The average molecular weight is 192 g/mol. The fourth-order valence-corrected chi connectivity index (χ4v) is 3.02. The molecular weight excluding hydrogens is 176 g/mol. The van der Waals surface area contributed by atoms with Gasteiger partial charge in [-0.05, 0) is 25.6 Å². The molecular formula is C7H16O4Si. The molecule has 1 rings (SSSR count). The second-order valence-corrected chi connectivity index (χ2v) is 7.66. The summed E-state index contributed by atoms with van der Waals surface area (Å²) in [6.45, 7) is 5.62. The molecule has 1 saturated heterocycles. The van der Waals surface area contributed by atoms with E-state index < -0.39 is 14.5 Å². The standard InChI is InChI=1S/C6H14OSi.CH2O3/c1-8(2)6-4-3-5-7-8;2-1(3)4/h3-6H2,1-2H3;(H2,2,3,4). The van der Waals surface area contributed by atoms with Crippen molar-refractivity contribution in [3.05, 3.63) is 0 Å². The van der Waals surface area contributed by atoms with Crippen molar-refractivity contribution >= 4 is 14.5 Å². The van der Waals surface area contributed by atoms with Crippen LogP contribution in [0.4, 0.5) is 4.79 Å². The molecule has 5 heteroatoms. The Hall–Kier alpha value is -0.553. The molecule has 0 spiro atoms. The van der Waals surface area contributed by atoms with Crippen LogP contribution in [0, 0.1) is 0 Å². The highest BCUT2D eigenvalue weighted by Gasteiger charge is 2.24. The molecule has 1 heterocycles. The molecule has 0 aromatic carbocycles. The van der Waals surface area contributed by atoms with Gasteiger partial charge in [0.2, 0.25) is 0 Å². The van der Waals surface area contributed by atoms with Crippen LogP contribution in [-0.2, 0) is 4.43 Å². The normalized spacial score (nSPS) is 20.5. The van der Waals surface area contributed by atoms with E-state index in [0.717, 1.165) is 6.61 Å². The molecule has 1 fully saturated rings. The SMILES string of the molecule is C[Si]1(C)CCCCO1.O=C(O)O. The summed E-state index contributed by atoms with van der Waals surface area (Å²) in [5.74, 6) is 0. The Labute approximate surface area is 73.3 Å². The third-order valence-corrected chi connectivity index (χ3v) is 4.21. The minimum atomic E-state index is -1.83. The van der Waals surface area contributed by atoms with Gasteiger partial charge in [0.25, 0.3) is 0 Å². The van der Waals surface area contributed by atoms with E-state index in [1.807, 2.05) is 0 Å². The number of carbonyl (C=O) groups is 1. The smallest absolute Gasteiger partial charge is 0.450 e. The fourth-order valence-electron chi connectivity index (χ4n) is 1.07. The van der Waals surface area contributed by atoms with Crippen LogP contribution in [0.3, 0.4) is 0 Å². The predicted octanol–water partition coefficient (Wildman–Crippen LogP) is 2.22. The Kier molecular flexibility index (Phi) is 4.92. The van der Waals surface area contributed by atoms with Crippen molar-refractivity contribution in [2.24, 2.45) is 0 Å². The lowest BCUT2D eigenvalue weighted by Gasteiger charge is -2.27. The van der Waals surface area contributed by atoms with Gasteiger partial charge in [0.05, 0.1) is 0 Å². The molecule has 0 radical (unpaired) electrons. The van der Waals surface area contributed by atoms with Crippen LogP contribution in [0.25, 0.3) is 0 Å². The van der Waals surface area contributed by atoms with E-state index in [1.165, 1.54) is 18.9 Å². The van der Waals surface area contributed by atoms with Crippen molar-refractivity contribution in [1.29, 1.82) is 0 Å². The van der Waals surface area contributed by atoms with Gasteiger partial charge in [-0.1, -0.05) is 6.42 Å². The first-order chi connectivity index (χ1) is 5.44. The molecule has 0 aromatic heterocycles. The minimum absolute atomic E-state index is 1.03. The van der Waals surface area contributed by atoms with Crippen molar-refractivity contribution in [2.45, 2.75) is 32.0 Å². The summed E-state index contributed by atoms with van der Waals surface area (Å²) >= 11 is 0. The van der Waals surface area contributed by atoms with E-state index in [9.17, 15) is 0 Å². The summed E-state index contributed by atoms with van der Waals surface area (Å²) in [6, 6.07) is 1.37. The van der Waals surface area contributed by atoms with Gasteiger partial charge in [0.1, 0.15) is 0 Å². The molecule has 0 aliphatic carbocycles. The van der Waals surface area contributed by atoms with E-state index in [-0.39, 0.29) is 0 Å². The Balaban J connectivity index is 0.000000261. The van der Waals surface area contributed by atoms with Gasteiger partial charge in [0, 0.05) is 6.61 Å². The van der Waals surface area contributed by atoms with Gasteiger partial charge in [-0.3, -0.25) is 0 Å². The zero-order valence-corrected chi connectivity index (χ0v) is 8.54. The van der Waals surface area contributed by atoms with Crippen molar-refractivity contribution in [3.8, 4) is 0 Å². The van der Waals surface area contributed by atoms with Gasteiger partial charge < -0.3 is 14.6 Å². The molecule has 0 bridgehead atoms. The van der Waals surface area contributed by atoms with Gasteiger partial charge in [-0.15, -0.1) is 0 Å². The molecule has 1 aliphatic heterocycles. The minimum Gasteiger partial charge on any atom is -0.450 e. The summed E-state index contributed by atoms with van der Waals surface area (Å²) in [4.78, 5) is 8.56. The summed E-state index contributed by atoms with van der Waals surface area (Å²) in [5, 5.41) is 13.9. The van der Waals surface area contributed by atoms with E-state index in [2.05, 4.69) is 13.1 Å². The van der Waals surface area contributed by atoms with Crippen LogP contribution in [0.2, 0.25) is 19.1 Å². The first kappa shape index (κ1) is 11.4. The van der Waals surface area contributed by atoms with E-state index in [1.54, 1.807) is 0 Å². The largest absolute Gasteiger partial charge is 0.503 e. The fraction of sp³-hybridized carbons (Fsp3) is 0.857. The maximum atomic E-state index is 8.56. The molecule has 2 N–H and O–H groups in total. The Bertz CT molecular complexity index is 134. The van der Waals surface area contributed by atoms with E-state index in [0.29, 0.717) is 0 Å². The number of hydrogen-bond donors (Lipinski definition) is 2. The lowest BCUT2D eigenvalue weighted by molar-refractivity contribution is 0.137.